The van der Waals surface area contributed by atoms with Crippen molar-refractivity contribution in [3.8, 4) is 0 Å². The van der Waals surface area contributed by atoms with Crippen molar-refractivity contribution in [3.05, 3.63) is 53.7 Å². The molecule has 0 spiro atoms. The van der Waals surface area contributed by atoms with E-state index in [1.54, 1.807) is 28.7 Å². The number of nitrogens with zero attached hydrogens (tertiary/aromatic N) is 3. The number of sulfonamides is 1. The van der Waals surface area contributed by atoms with E-state index in [1.807, 2.05) is 59.7 Å². The summed E-state index contributed by atoms with van der Waals surface area (Å²) < 4.78 is 33.7. The Labute approximate surface area is 197 Å². The molecule has 0 aliphatic carbocycles. The molecule has 0 bridgehead atoms. The summed E-state index contributed by atoms with van der Waals surface area (Å²) >= 11 is 0. The zero-order valence-electron chi connectivity index (χ0n) is 20.4. The first kappa shape index (κ1) is 25.2. The molecule has 3 rings (SSSR count). The van der Waals surface area contributed by atoms with Gasteiger partial charge in [-0.3, -0.25) is 4.90 Å². The number of carbonyl (C=O) groups is 1. The van der Waals surface area contributed by atoms with Crippen molar-refractivity contribution in [3.63, 3.8) is 0 Å². The number of hydrogen-bond donors (Lipinski definition) is 0. The largest absolute Gasteiger partial charge is 0.443 e. The second-order valence-electron chi connectivity index (χ2n) is 10.0. The highest BCUT2D eigenvalue weighted by molar-refractivity contribution is 7.89. The molecule has 1 amide bonds. The molecule has 1 aromatic heterocycles. The summed E-state index contributed by atoms with van der Waals surface area (Å²) in [5.74, 6) is 0.719. The highest BCUT2D eigenvalue weighted by Crippen LogP contribution is 2.36. The zero-order chi connectivity index (χ0) is 24.4. The van der Waals surface area contributed by atoms with Crippen LogP contribution >= 0.6 is 0 Å². The molecule has 0 unspecified atom stereocenters. The minimum Gasteiger partial charge on any atom is -0.443 e. The van der Waals surface area contributed by atoms with E-state index in [-0.39, 0.29) is 12.0 Å². The predicted octanol–water partition coefficient (Wildman–Crippen LogP) is 5.31. The summed E-state index contributed by atoms with van der Waals surface area (Å²) in [6, 6.07) is 10.3. The quantitative estimate of drug-likeness (QED) is 0.568. The number of rotatable bonds is 6. The summed E-state index contributed by atoms with van der Waals surface area (Å²) in [5.41, 5.74) is 1.23. The van der Waals surface area contributed by atoms with Crippen LogP contribution < -0.4 is 4.90 Å². The normalized spacial score (nSPS) is 17.4. The van der Waals surface area contributed by atoms with Crippen molar-refractivity contribution < 1.29 is 17.9 Å². The average Bonchev–Trinajstić information content (AvgIpc) is 3.22. The fourth-order valence-electron chi connectivity index (χ4n) is 3.90. The van der Waals surface area contributed by atoms with Crippen LogP contribution in [0.1, 0.15) is 64.6 Å². The van der Waals surface area contributed by atoms with Crippen LogP contribution in [0, 0.1) is 12.8 Å². The second-order valence-corrected chi connectivity index (χ2v) is 11.9. The lowest BCUT2D eigenvalue weighted by Gasteiger charge is -2.28. The highest BCUT2D eigenvalue weighted by Gasteiger charge is 2.36. The molecule has 2 heterocycles. The number of aryl methyl sites for hydroxylation is 1. The molecule has 0 N–H and O–H groups in total. The van der Waals surface area contributed by atoms with Gasteiger partial charge in [-0.25, -0.2) is 18.2 Å². The van der Waals surface area contributed by atoms with Crippen LogP contribution in [0.15, 0.2) is 47.5 Å². The molecule has 1 aromatic carbocycles. The molecule has 7 nitrogen and oxygen atoms in total. The fraction of sp³-hybridized carbons (Fsp3) is 0.520. The van der Waals surface area contributed by atoms with Crippen molar-refractivity contribution in [1.29, 1.82) is 0 Å². The van der Waals surface area contributed by atoms with Gasteiger partial charge in [0.15, 0.2) is 0 Å². The monoisotopic (exact) mass is 473 g/mol. The minimum absolute atomic E-state index is 0.226. The lowest BCUT2D eigenvalue weighted by molar-refractivity contribution is 0.0575. The maximum Gasteiger partial charge on any atom is 0.416 e. The third-order valence-corrected chi connectivity index (χ3v) is 7.35. The van der Waals surface area contributed by atoms with E-state index < -0.39 is 21.7 Å². The lowest BCUT2D eigenvalue weighted by Crippen LogP contribution is -2.39. The van der Waals surface area contributed by atoms with Gasteiger partial charge in [-0.15, -0.1) is 0 Å². The molecule has 8 heteroatoms. The highest BCUT2D eigenvalue weighted by atomic mass is 32.2. The van der Waals surface area contributed by atoms with E-state index in [4.69, 9.17) is 4.74 Å². The van der Waals surface area contributed by atoms with Crippen LogP contribution in [0.2, 0.25) is 0 Å². The Bertz CT molecular complexity index is 1060. The molecule has 1 atom stereocenters. The molecule has 1 aliphatic rings. The summed E-state index contributed by atoms with van der Waals surface area (Å²) in [4.78, 5) is 19.1. The first-order valence-electron chi connectivity index (χ1n) is 11.4. The fourth-order valence-corrected chi connectivity index (χ4v) is 5.59. The Hall–Kier alpha value is -2.45. The smallest absolute Gasteiger partial charge is 0.416 e. The second kappa shape index (κ2) is 9.81. The van der Waals surface area contributed by atoms with Gasteiger partial charge in [0.05, 0.1) is 10.9 Å². The standard InChI is InChI=1S/C25H35N3O4S/c1-18(2)17-27(24(29)32-25(4,5)6)23-14-11-20(16-26-23)22-8-7-15-28(22)33(30,31)21-12-9-19(3)10-13-21/h9-14,16,18,22H,7-8,15,17H2,1-6H3/t22-/m0/s1. The molecule has 180 valence electrons. The number of ether oxygens (including phenoxy) is 1. The van der Waals surface area contributed by atoms with Crippen molar-refractivity contribution in [2.24, 2.45) is 5.92 Å². The maximum absolute atomic E-state index is 13.3. The van der Waals surface area contributed by atoms with Crippen molar-refractivity contribution in [2.75, 3.05) is 18.0 Å². The summed E-state index contributed by atoms with van der Waals surface area (Å²) in [7, 11) is -3.61. The number of hydrogen-bond acceptors (Lipinski definition) is 5. The van der Waals surface area contributed by atoms with Gasteiger partial charge >= 0.3 is 6.09 Å². The van der Waals surface area contributed by atoms with Gasteiger partial charge < -0.3 is 4.74 Å². The Morgan fingerprint density at radius 1 is 1.18 bits per heavy atom. The van der Waals surface area contributed by atoms with Crippen molar-refractivity contribution in [1.82, 2.24) is 9.29 Å². The Balaban J connectivity index is 1.85. The Kier molecular flexibility index (Phi) is 7.49. The number of amides is 1. The van der Waals surface area contributed by atoms with Gasteiger partial charge in [0.1, 0.15) is 11.4 Å². The van der Waals surface area contributed by atoms with Gasteiger partial charge in [-0.05, 0) is 70.2 Å². The molecule has 1 aliphatic heterocycles. The van der Waals surface area contributed by atoms with Crippen LogP contribution in [0.25, 0.3) is 0 Å². The van der Waals surface area contributed by atoms with Crippen LogP contribution in [-0.2, 0) is 14.8 Å². The van der Waals surface area contributed by atoms with Gasteiger partial charge in [0.25, 0.3) is 0 Å². The molecular weight excluding hydrogens is 438 g/mol. The Morgan fingerprint density at radius 2 is 1.85 bits per heavy atom. The Morgan fingerprint density at radius 3 is 2.39 bits per heavy atom. The van der Waals surface area contributed by atoms with E-state index in [1.165, 1.54) is 4.90 Å². The van der Waals surface area contributed by atoms with E-state index in [0.717, 1.165) is 24.0 Å². The zero-order valence-corrected chi connectivity index (χ0v) is 21.2. The van der Waals surface area contributed by atoms with Gasteiger partial charge in [0.2, 0.25) is 10.0 Å². The number of aromatic nitrogens is 1. The number of carbonyl (C=O) groups excluding carboxylic acids is 1. The lowest BCUT2D eigenvalue weighted by atomic mass is 10.1. The number of pyridine rings is 1. The molecule has 0 radical (unpaired) electrons. The third-order valence-electron chi connectivity index (χ3n) is 5.42. The summed E-state index contributed by atoms with van der Waals surface area (Å²) in [6.07, 6.45) is 2.75. The molecule has 33 heavy (non-hydrogen) atoms. The van der Waals surface area contributed by atoms with Crippen LogP contribution in [0.3, 0.4) is 0 Å². The van der Waals surface area contributed by atoms with E-state index in [9.17, 15) is 13.2 Å². The first-order valence-corrected chi connectivity index (χ1v) is 12.9. The maximum atomic E-state index is 13.3. The molecule has 0 saturated carbocycles. The number of benzene rings is 1. The molecular formula is C25H35N3O4S. The van der Waals surface area contributed by atoms with Crippen LogP contribution in [0.4, 0.5) is 10.6 Å². The minimum atomic E-state index is -3.61. The van der Waals surface area contributed by atoms with Gasteiger partial charge in [0, 0.05) is 19.3 Å². The molecule has 1 fully saturated rings. The summed E-state index contributed by atoms with van der Waals surface area (Å²) in [5, 5.41) is 0. The van der Waals surface area contributed by atoms with Crippen molar-refractivity contribution in [2.45, 2.75) is 70.9 Å². The number of anilines is 1. The summed E-state index contributed by atoms with van der Waals surface area (Å²) in [6.45, 7) is 12.4. The molecule has 1 saturated heterocycles. The average molecular weight is 474 g/mol. The van der Waals surface area contributed by atoms with Gasteiger partial charge in [-0.2, -0.15) is 4.31 Å². The SMILES string of the molecule is Cc1ccc(S(=O)(=O)N2CCC[C@H]2c2ccc(N(CC(C)C)C(=O)OC(C)(C)C)nc2)cc1. The van der Waals surface area contributed by atoms with E-state index in [2.05, 4.69) is 4.98 Å². The predicted molar refractivity (Wildman–Crippen MR) is 130 cm³/mol. The van der Waals surface area contributed by atoms with E-state index >= 15 is 0 Å². The van der Waals surface area contributed by atoms with Crippen LogP contribution in [-0.4, -0.2) is 42.5 Å². The van der Waals surface area contributed by atoms with Crippen molar-refractivity contribution >= 4 is 21.9 Å². The molecule has 2 aromatic rings. The third kappa shape index (κ3) is 6.12. The van der Waals surface area contributed by atoms with Crippen LogP contribution in [0.5, 0.6) is 0 Å². The van der Waals surface area contributed by atoms with E-state index in [0.29, 0.717) is 23.8 Å². The van der Waals surface area contributed by atoms with Gasteiger partial charge in [-0.1, -0.05) is 37.6 Å². The topological polar surface area (TPSA) is 79.8 Å². The first-order chi connectivity index (χ1) is 15.4.